The maximum atomic E-state index is 13.4. The van der Waals surface area contributed by atoms with Crippen molar-refractivity contribution in [1.82, 2.24) is 0 Å². The Morgan fingerprint density at radius 3 is 2.00 bits per heavy atom. The van der Waals surface area contributed by atoms with Crippen LogP contribution in [0.4, 0.5) is 5.69 Å². The Labute approximate surface area is 155 Å². The molecule has 1 heterocycles. The number of rotatable bonds is 2. The molecular formula is C22H21NO2S. The molecule has 0 atom stereocenters. The van der Waals surface area contributed by atoms with E-state index >= 15 is 0 Å². The molecular weight excluding hydrogens is 342 g/mol. The van der Waals surface area contributed by atoms with Gasteiger partial charge in [0.15, 0.2) is 0 Å². The van der Waals surface area contributed by atoms with E-state index in [0.29, 0.717) is 11.4 Å². The zero-order valence-electron chi connectivity index (χ0n) is 15.2. The molecule has 0 N–H and O–H groups in total. The van der Waals surface area contributed by atoms with E-state index in [9.17, 15) is 8.42 Å². The fourth-order valence-electron chi connectivity index (χ4n) is 3.48. The number of hydrogen-bond acceptors (Lipinski definition) is 2. The Morgan fingerprint density at radius 2 is 1.31 bits per heavy atom. The Kier molecular flexibility index (Phi) is 3.88. The third-order valence-corrected chi connectivity index (χ3v) is 6.67. The van der Waals surface area contributed by atoms with Gasteiger partial charge in [-0.2, -0.15) is 0 Å². The van der Waals surface area contributed by atoms with Crippen molar-refractivity contribution in [2.75, 3.05) is 4.31 Å². The van der Waals surface area contributed by atoms with Crippen LogP contribution in [0.25, 0.3) is 11.1 Å². The molecule has 0 unspecified atom stereocenters. The highest BCUT2D eigenvalue weighted by atomic mass is 32.2. The van der Waals surface area contributed by atoms with E-state index in [1.54, 1.807) is 16.4 Å². The summed E-state index contributed by atoms with van der Waals surface area (Å²) in [4.78, 5) is 0.326. The van der Waals surface area contributed by atoms with E-state index in [2.05, 4.69) is 18.2 Å². The highest BCUT2D eigenvalue weighted by molar-refractivity contribution is 7.92. The molecule has 0 radical (unpaired) electrons. The highest BCUT2D eigenvalue weighted by Gasteiger charge is 2.31. The fourth-order valence-corrected chi connectivity index (χ4v) is 4.94. The standard InChI is InChI=1S/C22H21NO2S/c1-15-4-8-19(9-5-15)26(24,25)23-14-18-12-16(2)6-10-20(18)21-11-7-17(3)13-22(21)23/h4-13H,14H2,1-3H3. The van der Waals surface area contributed by atoms with Crippen molar-refractivity contribution >= 4 is 15.7 Å². The van der Waals surface area contributed by atoms with E-state index in [0.717, 1.165) is 39.1 Å². The minimum Gasteiger partial charge on any atom is -0.261 e. The summed E-state index contributed by atoms with van der Waals surface area (Å²) in [5, 5.41) is 0. The zero-order chi connectivity index (χ0) is 18.5. The number of hydrogen-bond donors (Lipinski definition) is 0. The molecule has 0 saturated carbocycles. The SMILES string of the molecule is Cc1ccc(S(=O)(=O)N2Cc3cc(C)ccc3-c3ccc(C)cc32)cc1. The number of fused-ring (bicyclic) bond motifs is 3. The second kappa shape index (κ2) is 5.99. The van der Waals surface area contributed by atoms with Gasteiger partial charge < -0.3 is 0 Å². The molecule has 26 heavy (non-hydrogen) atoms. The summed E-state index contributed by atoms with van der Waals surface area (Å²) in [7, 11) is -3.63. The van der Waals surface area contributed by atoms with Crippen molar-refractivity contribution in [3.8, 4) is 11.1 Å². The normalized spacial score (nSPS) is 13.3. The predicted octanol–water partition coefficient (Wildman–Crippen LogP) is 4.99. The molecule has 0 amide bonds. The molecule has 3 nitrogen and oxygen atoms in total. The minimum absolute atomic E-state index is 0.326. The van der Waals surface area contributed by atoms with E-state index in [1.807, 2.05) is 51.1 Å². The van der Waals surface area contributed by atoms with Crippen molar-refractivity contribution in [2.24, 2.45) is 0 Å². The first-order valence-electron chi connectivity index (χ1n) is 8.66. The van der Waals surface area contributed by atoms with Crippen molar-refractivity contribution in [3.05, 3.63) is 82.9 Å². The minimum atomic E-state index is -3.63. The lowest BCUT2D eigenvalue weighted by Crippen LogP contribution is -2.33. The molecule has 1 aliphatic rings. The van der Waals surface area contributed by atoms with Crippen LogP contribution in [0.15, 0.2) is 65.6 Å². The largest absolute Gasteiger partial charge is 0.264 e. The Bertz CT molecular complexity index is 1100. The predicted molar refractivity (Wildman–Crippen MR) is 106 cm³/mol. The lowest BCUT2D eigenvalue weighted by Gasteiger charge is -2.32. The molecule has 3 aromatic carbocycles. The Hall–Kier alpha value is -2.59. The van der Waals surface area contributed by atoms with E-state index in [-0.39, 0.29) is 0 Å². The van der Waals surface area contributed by atoms with Crippen LogP contribution in [-0.2, 0) is 16.6 Å². The summed E-state index contributed by atoms with van der Waals surface area (Å²) in [5.41, 5.74) is 7.09. The van der Waals surface area contributed by atoms with Crippen molar-refractivity contribution in [2.45, 2.75) is 32.2 Å². The molecule has 0 saturated heterocycles. The summed E-state index contributed by atoms with van der Waals surface area (Å²) in [6, 6.07) is 19.3. The summed E-state index contributed by atoms with van der Waals surface area (Å²) >= 11 is 0. The molecule has 0 fully saturated rings. The fraction of sp³-hybridized carbons (Fsp3) is 0.182. The van der Waals surface area contributed by atoms with Gasteiger partial charge in [0.1, 0.15) is 0 Å². The number of nitrogens with zero attached hydrogens (tertiary/aromatic N) is 1. The molecule has 0 spiro atoms. The van der Waals surface area contributed by atoms with Gasteiger partial charge in [0.25, 0.3) is 10.0 Å². The van der Waals surface area contributed by atoms with Crippen molar-refractivity contribution in [3.63, 3.8) is 0 Å². The zero-order valence-corrected chi connectivity index (χ0v) is 16.0. The maximum Gasteiger partial charge on any atom is 0.264 e. The average Bonchev–Trinajstić information content (AvgIpc) is 2.61. The highest BCUT2D eigenvalue weighted by Crippen LogP contribution is 2.42. The summed E-state index contributed by atoms with van der Waals surface area (Å²) in [5.74, 6) is 0. The van der Waals surface area contributed by atoms with Crippen molar-refractivity contribution in [1.29, 1.82) is 0 Å². The smallest absolute Gasteiger partial charge is 0.261 e. The molecule has 3 aromatic rings. The van der Waals surface area contributed by atoms with Crippen LogP contribution < -0.4 is 4.31 Å². The average molecular weight is 363 g/mol. The number of aryl methyl sites for hydroxylation is 3. The third kappa shape index (κ3) is 2.71. The van der Waals surface area contributed by atoms with Gasteiger partial charge in [0, 0.05) is 5.56 Å². The van der Waals surface area contributed by atoms with E-state index in [1.165, 1.54) is 0 Å². The maximum absolute atomic E-state index is 13.4. The van der Waals surface area contributed by atoms with Gasteiger partial charge in [-0.3, -0.25) is 4.31 Å². The van der Waals surface area contributed by atoms with Crippen LogP contribution in [-0.4, -0.2) is 8.42 Å². The lowest BCUT2D eigenvalue weighted by atomic mass is 9.92. The van der Waals surface area contributed by atoms with Gasteiger partial charge in [-0.05, 0) is 55.7 Å². The number of sulfonamides is 1. The molecule has 4 heteroatoms. The second-order valence-electron chi connectivity index (χ2n) is 7.01. The molecule has 4 rings (SSSR count). The van der Waals surface area contributed by atoms with Gasteiger partial charge >= 0.3 is 0 Å². The quantitative estimate of drug-likeness (QED) is 0.643. The van der Waals surface area contributed by atoms with E-state index in [4.69, 9.17) is 0 Å². The first-order chi connectivity index (χ1) is 12.4. The monoisotopic (exact) mass is 363 g/mol. The van der Waals surface area contributed by atoms with Crippen LogP contribution in [0.5, 0.6) is 0 Å². The van der Waals surface area contributed by atoms with Crippen LogP contribution in [0.1, 0.15) is 22.3 Å². The first kappa shape index (κ1) is 16.9. The van der Waals surface area contributed by atoms with E-state index < -0.39 is 10.0 Å². The van der Waals surface area contributed by atoms with Crippen molar-refractivity contribution < 1.29 is 8.42 Å². The number of benzene rings is 3. The first-order valence-corrected chi connectivity index (χ1v) is 10.1. The number of anilines is 1. The summed E-state index contributed by atoms with van der Waals surface area (Å²) < 4.78 is 28.3. The van der Waals surface area contributed by atoms with Crippen LogP contribution in [0.3, 0.4) is 0 Å². The molecule has 0 aromatic heterocycles. The molecule has 0 bridgehead atoms. The van der Waals surface area contributed by atoms with Gasteiger partial charge in [0.05, 0.1) is 17.1 Å². The molecule has 132 valence electrons. The molecule has 0 aliphatic carbocycles. The van der Waals surface area contributed by atoms with Gasteiger partial charge in [-0.15, -0.1) is 0 Å². The lowest BCUT2D eigenvalue weighted by molar-refractivity contribution is 0.590. The van der Waals surface area contributed by atoms with Crippen LogP contribution >= 0.6 is 0 Å². The summed E-state index contributed by atoms with van der Waals surface area (Å²) in [6.45, 7) is 6.32. The third-order valence-electron chi connectivity index (χ3n) is 4.90. The van der Waals surface area contributed by atoms with Crippen LogP contribution in [0.2, 0.25) is 0 Å². The Balaban J connectivity index is 1.93. The second-order valence-corrected chi connectivity index (χ2v) is 8.87. The van der Waals surface area contributed by atoms with Gasteiger partial charge in [0.2, 0.25) is 0 Å². The molecule has 1 aliphatic heterocycles. The van der Waals surface area contributed by atoms with Crippen LogP contribution in [0, 0.1) is 20.8 Å². The van der Waals surface area contributed by atoms with Gasteiger partial charge in [-0.1, -0.05) is 53.6 Å². The van der Waals surface area contributed by atoms with Gasteiger partial charge in [-0.25, -0.2) is 8.42 Å². The summed E-state index contributed by atoms with van der Waals surface area (Å²) in [6.07, 6.45) is 0. The Morgan fingerprint density at radius 1 is 0.731 bits per heavy atom. The topological polar surface area (TPSA) is 37.4 Å².